The lowest BCUT2D eigenvalue weighted by atomic mass is 10.1. The number of methoxy groups -OCH3 is 1. The molecule has 0 radical (unpaired) electrons. The molecule has 7 heteroatoms. The number of hydrogen-bond acceptors (Lipinski definition) is 4. The Morgan fingerprint density at radius 2 is 1.61 bits per heavy atom. The normalized spacial score (nSPS) is 10.6. The molecule has 150 valence electrons. The number of hydrogen-bond donors (Lipinski definition) is 3. The molecule has 28 heavy (non-hydrogen) atoms. The van der Waals surface area contributed by atoms with E-state index in [1.54, 1.807) is 31.4 Å². The first kappa shape index (κ1) is 21.8. The Bertz CT molecular complexity index is 779. The zero-order valence-corrected chi connectivity index (χ0v) is 17.4. The predicted octanol–water partition coefficient (Wildman–Crippen LogP) is 1.33. The molecule has 0 aliphatic heterocycles. The van der Waals surface area contributed by atoms with Crippen LogP contribution in [0.4, 0.5) is 5.69 Å². The van der Waals surface area contributed by atoms with Crippen molar-refractivity contribution in [3.8, 4) is 5.75 Å². The van der Waals surface area contributed by atoms with Gasteiger partial charge in [-0.25, -0.2) is 0 Å². The molecular weight excluding hydrogens is 374 g/mol. The summed E-state index contributed by atoms with van der Waals surface area (Å²) in [5, 5.41) is 5.74. The number of quaternary nitrogens is 1. The van der Waals surface area contributed by atoms with Crippen LogP contribution in [0.1, 0.15) is 11.1 Å². The summed E-state index contributed by atoms with van der Waals surface area (Å²) in [6.45, 7) is 1.41. The van der Waals surface area contributed by atoms with E-state index in [0.717, 1.165) is 17.9 Å². The summed E-state index contributed by atoms with van der Waals surface area (Å²) in [6.07, 6.45) is 0. The number of nitrogens with one attached hydrogen (secondary N) is 3. The summed E-state index contributed by atoms with van der Waals surface area (Å²) in [5.74, 6) is 0.992. The van der Waals surface area contributed by atoms with Crippen LogP contribution in [0, 0.1) is 0 Å². The van der Waals surface area contributed by atoms with Crippen LogP contribution < -0.4 is 20.3 Å². The molecule has 0 aromatic heterocycles. The first-order valence-corrected chi connectivity index (χ1v) is 10.3. The molecule has 6 nitrogen and oxygen atoms in total. The maximum atomic E-state index is 12.1. The van der Waals surface area contributed by atoms with Crippen LogP contribution in [-0.4, -0.2) is 44.5 Å². The Kier molecular flexibility index (Phi) is 8.84. The van der Waals surface area contributed by atoms with E-state index in [0.29, 0.717) is 12.2 Å². The van der Waals surface area contributed by atoms with Crippen molar-refractivity contribution in [1.82, 2.24) is 5.32 Å². The predicted molar refractivity (Wildman–Crippen MR) is 114 cm³/mol. The monoisotopic (exact) mass is 402 g/mol. The Balaban J connectivity index is 1.70. The Morgan fingerprint density at radius 3 is 2.25 bits per heavy atom. The minimum atomic E-state index is -0.137. The second-order valence-electron chi connectivity index (χ2n) is 6.70. The standard InChI is InChI=1S/C21H27N3O3S/c1-24(2)13-17-7-5-4-6-16(17)12-22-20(25)14-28-15-21(26)23-18-8-10-19(27-3)11-9-18/h4-11H,12-15H2,1-3H3,(H,22,25)(H,23,26)/p+1. The van der Waals surface area contributed by atoms with Crippen LogP contribution in [0.2, 0.25) is 0 Å². The first-order valence-electron chi connectivity index (χ1n) is 9.12. The third-order valence-electron chi connectivity index (χ3n) is 3.98. The van der Waals surface area contributed by atoms with Gasteiger partial charge in [0.15, 0.2) is 0 Å². The molecule has 0 heterocycles. The van der Waals surface area contributed by atoms with E-state index in [-0.39, 0.29) is 23.3 Å². The van der Waals surface area contributed by atoms with Gasteiger partial charge < -0.3 is 20.3 Å². The third-order valence-corrected chi connectivity index (χ3v) is 4.91. The van der Waals surface area contributed by atoms with Crippen LogP contribution in [0.3, 0.4) is 0 Å². The lowest BCUT2D eigenvalue weighted by Gasteiger charge is -2.13. The summed E-state index contributed by atoms with van der Waals surface area (Å²) in [4.78, 5) is 25.4. The highest BCUT2D eigenvalue weighted by Gasteiger charge is 2.09. The number of ether oxygens (including phenoxy) is 1. The third kappa shape index (κ3) is 7.62. The maximum Gasteiger partial charge on any atom is 0.234 e. The van der Waals surface area contributed by atoms with Crippen molar-refractivity contribution in [3.63, 3.8) is 0 Å². The van der Waals surface area contributed by atoms with Crippen molar-refractivity contribution >= 4 is 29.3 Å². The van der Waals surface area contributed by atoms with Crippen molar-refractivity contribution in [2.45, 2.75) is 13.1 Å². The zero-order valence-electron chi connectivity index (χ0n) is 16.6. The number of carbonyl (C=O) groups is 2. The molecule has 0 spiro atoms. The summed E-state index contributed by atoms with van der Waals surface area (Å²) in [7, 11) is 5.79. The van der Waals surface area contributed by atoms with E-state index in [2.05, 4.69) is 30.8 Å². The molecule has 0 saturated carbocycles. The van der Waals surface area contributed by atoms with Crippen LogP contribution in [0.25, 0.3) is 0 Å². The van der Waals surface area contributed by atoms with Gasteiger partial charge in [0.05, 0.1) is 32.7 Å². The number of anilines is 1. The van der Waals surface area contributed by atoms with E-state index in [9.17, 15) is 9.59 Å². The highest BCUT2D eigenvalue weighted by molar-refractivity contribution is 8.00. The van der Waals surface area contributed by atoms with E-state index < -0.39 is 0 Å². The lowest BCUT2D eigenvalue weighted by Crippen LogP contribution is -3.04. The number of carbonyl (C=O) groups excluding carboxylic acids is 2. The Morgan fingerprint density at radius 1 is 0.964 bits per heavy atom. The minimum absolute atomic E-state index is 0.0748. The van der Waals surface area contributed by atoms with Gasteiger partial charge in [0.25, 0.3) is 0 Å². The van der Waals surface area contributed by atoms with Crippen LogP contribution in [-0.2, 0) is 22.7 Å². The Hall–Kier alpha value is -2.51. The van der Waals surface area contributed by atoms with Gasteiger partial charge in [-0.2, -0.15) is 0 Å². The SMILES string of the molecule is COc1ccc(NC(=O)CSCC(=O)NCc2ccccc2C[NH+](C)C)cc1. The maximum absolute atomic E-state index is 12.1. The first-order chi connectivity index (χ1) is 13.5. The van der Waals surface area contributed by atoms with Crippen LogP contribution in [0.15, 0.2) is 48.5 Å². The average Bonchev–Trinajstić information content (AvgIpc) is 2.67. The smallest absolute Gasteiger partial charge is 0.234 e. The average molecular weight is 403 g/mol. The lowest BCUT2D eigenvalue weighted by molar-refractivity contribution is -0.872. The van der Waals surface area contributed by atoms with Crippen LogP contribution >= 0.6 is 11.8 Å². The Labute approximate surface area is 170 Å². The highest BCUT2D eigenvalue weighted by atomic mass is 32.2. The molecule has 2 aromatic rings. The fourth-order valence-corrected chi connectivity index (χ4v) is 3.28. The summed E-state index contributed by atoms with van der Waals surface area (Å²) in [5.41, 5.74) is 3.06. The number of thioether (sulfide) groups is 1. The second-order valence-corrected chi connectivity index (χ2v) is 7.68. The van der Waals surface area contributed by atoms with Gasteiger partial charge in [-0.3, -0.25) is 9.59 Å². The fraction of sp³-hybridized carbons (Fsp3) is 0.333. The fourth-order valence-electron chi connectivity index (χ4n) is 2.64. The molecule has 0 unspecified atom stereocenters. The number of benzene rings is 2. The van der Waals surface area contributed by atoms with Gasteiger partial charge in [0, 0.05) is 17.8 Å². The van der Waals surface area contributed by atoms with Gasteiger partial charge >= 0.3 is 0 Å². The largest absolute Gasteiger partial charge is 0.497 e. The minimum Gasteiger partial charge on any atom is -0.497 e. The molecule has 2 rings (SSSR count). The van der Waals surface area contributed by atoms with Gasteiger partial charge in [0.1, 0.15) is 12.3 Å². The van der Waals surface area contributed by atoms with E-state index in [4.69, 9.17) is 4.74 Å². The van der Waals surface area contributed by atoms with E-state index in [1.807, 2.05) is 18.2 Å². The molecule has 0 bridgehead atoms. The van der Waals surface area contributed by atoms with Crippen molar-refractivity contribution < 1.29 is 19.2 Å². The molecule has 0 fully saturated rings. The van der Waals surface area contributed by atoms with Gasteiger partial charge in [-0.15, -0.1) is 11.8 Å². The molecule has 0 aliphatic carbocycles. The van der Waals surface area contributed by atoms with E-state index in [1.165, 1.54) is 22.2 Å². The molecule has 3 N–H and O–H groups in total. The second kappa shape index (κ2) is 11.4. The molecule has 0 saturated heterocycles. The zero-order chi connectivity index (χ0) is 20.4. The number of rotatable bonds is 10. The molecule has 2 aromatic carbocycles. The van der Waals surface area contributed by atoms with Crippen molar-refractivity contribution in [2.24, 2.45) is 0 Å². The topological polar surface area (TPSA) is 71.9 Å². The summed E-state index contributed by atoms with van der Waals surface area (Å²) >= 11 is 1.29. The molecule has 2 amide bonds. The van der Waals surface area contributed by atoms with Crippen molar-refractivity contribution in [2.75, 3.05) is 38.0 Å². The van der Waals surface area contributed by atoms with Gasteiger partial charge in [0.2, 0.25) is 11.8 Å². The molecular formula is C21H28N3O3S+. The van der Waals surface area contributed by atoms with Gasteiger partial charge in [-0.1, -0.05) is 24.3 Å². The van der Waals surface area contributed by atoms with E-state index >= 15 is 0 Å². The molecule has 0 aliphatic rings. The van der Waals surface area contributed by atoms with Crippen LogP contribution in [0.5, 0.6) is 5.75 Å². The van der Waals surface area contributed by atoms with Crippen molar-refractivity contribution in [3.05, 3.63) is 59.7 Å². The highest BCUT2D eigenvalue weighted by Crippen LogP contribution is 2.15. The number of amides is 2. The quantitative estimate of drug-likeness (QED) is 0.561. The van der Waals surface area contributed by atoms with Crippen molar-refractivity contribution in [1.29, 1.82) is 0 Å². The molecule has 0 atom stereocenters. The summed E-state index contributed by atoms with van der Waals surface area (Å²) in [6, 6.07) is 15.2. The van der Waals surface area contributed by atoms with Gasteiger partial charge in [-0.05, 0) is 29.8 Å². The summed E-state index contributed by atoms with van der Waals surface area (Å²) < 4.78 is 5.08.